The quantitative estimate of drug-likeness (QED) is 0.367. The van der Waals surface area contributed by atoms with Crippen LogP contribution in [-0.2, 0) is 16.0 Å². The molecule has 1 unspecified atom stereocenters. The molecule has 1 amide bonds. The van der Waals surface area contributed by atoms with Crippen molar-refractivity contribution in [3.63, 3.8) is 0 Å². The van der Waals surface area contributed by atoms with Gasteiger partial charge in [-0.05, 0) is 56.7 Å². The van der Waals surface area contributed by atoms with Crippen LogP contribution in [-0.4, -0.2) is 29.6 Å². The summed E-state index contributed by atoms with van der Waals surface area (Å²) < 4.78 is 11.3. The van der Waals surface area contributed by atoms with Gasteiger partial charge in [-0.2, -0.15) is 0 Å². The van der Waals surface area contributed by atoms with Crippen LogP contribution in [0, 0.1) is 19.8 Å². The van der Waals surface area contributed by atoms with Crippen molar-refractivity contribution in [2.45, 2.75) is 79.2 Å². The number of carbonyl (C=O) groups is 2. The molecular formula is C25H35NO6. The Hall–Kier alpha value is -2.83. The maximum atomic E-state index is 12.6. The van der Waals surface area contributed by atoms with Crippen molar-refractivity contribution in [1.82, 2.24) is 5.32 Å². The minimum absolute atomic E-state index is 0.128. The number of rotatable bonds is 12. The SMILES string of the molecule is CCCCCCc1c(C)c2ccc(OCC(=O)NC(CC(C)C)C(=O)O)c(C)c2oc1=O. The number of nitrogens with one attached hydrogen (secondary N) is 1. The molecular weight excluding hydrogens is 410 g/mol. The van der Waals surface area contributed by atoms with Crippen molar-refractivity contribution in [2.75, 3.05) is 6.61 Å². The molecule has 1 atom stereocenters. The van der Waals surface area contributed by atoms with Crippen molar-refractivity contribution >= 4 is 22.8 Å². The summed E-state index contributed by atoms with van der Waals surface area (Å²) >= 11 is 0. The maximum absolute atomic E-state index is 12.6. The fourth-order valence-electron chi connectivity index (χ4n) is 3.82. The van der Waals surface area contributed by atoms with E-state index in [1.165, 1.54) is 0 Å². The molecule has 7 nitrogen and oxygen atoms in total. The highest BCUT2D eigenvalue weighted by Crippen LogP contribution is 2.29. The van der Waals surface area contributed by atoms with Gasteiger partial charge in [0.2, 0.25) is 0 Å². The van der Waals surface area contributed by atoms with Gasteiger partial charge < -0.3 is 19.6 Å². The van der Waals surface area contributed by atoms with E-state index in [1.54, 1.807) is 13.0 Å². The Morgan fingerprint density at radius 1 is 1.12 bits per heavy atom. The van der Waals surface area contributed by atoms with E-state index in [-0.39, 0.29) is 18.2 Å². The van der Waals surface area contributed by atoms with E-state index in [4.69, 9.17) is 9.15 Å². The smallest absolute Gasteiger partial charge is 0.339 e. The number of carboxylic acid groups (broad SMARTS) is 1. The Labute approximate surface area is 189 Å². The summed E-state index contributed by atoms with van der Waals surface area (Å²) in [6.45, 7) is 9.32. The average Bonchev–Trinajstić information content (AvgIpc) is 2.72. The number of carbonyl (C=O) groups excluding carboxylic acids is 1. The lowest BCUT2D eigenvalue weighted by Crippen LogP contribution is -2.43. The fourth-order valence-corrected chi connectivity index (χ4v) is 3.82. The number of carboxylic acids is 1. The molecule has 0 aliphatic rings. The number of fused-ring (bicyclic) bond motifs is 1. The van der Waals surface area contributed by atoms with Gasteiger partial charge in [-0.25, -0.2) is 9.59 Å². The molecule has 1 aromatic carbocycles. The second kappa shape index (κ2) is 11.7. The first-order valence-corrected chi connectivity index (χ1v) is 11.4. The van der Waals surface area contributed by atoms with Crippen molar-refractivity contribution in [3.05, 3.63) is 39.2 Å². The van der Waals surface area contributed by atoms with Crippen molar-refractivity contribution < 1.29 is 23.8 Å². The summed E-state index contributed by atoms with van der Waals surface area (Å²) in [6.07, 6.45) is 5.36. The molecule has 1 heterocycles. The molecule has 7 heteroatoms. The molecule has 32 heavy (non-hydrogen) atoms. The van der Waals surface area contributed by atoms with Crippen molar-refractivity contribution in [3.8, 4) is 5.75 Å². The molecule has 0 fully saturated rings. The third-order valence-electron chi connectivity index (χ3n) is 5.63. The van der Waals surface area contributed by atoms with E-state index in [0.717, 1.165) is 36.6 Å². The van der Waals surface area contributed by atoms with Crippen molar-refractivity contribution in [1.29, 1.82) is 0 Å². The van der Waals surface area contributed by atoms with Crippen LogP contribution in [0.2, 0.25) is 0 Å². The Bertz CT molecular complexity index is 1010. The van der Waals surface area contributed by atoms with Crippen LogP contribution in [0.5, 0.6) is 5.75 Å². The summed E-state index contributed by atoms with van der Waals surface area (Å²) in [6, 6.07) is 2.63. The number of unbranched alkanes of at least 4 members (excludes halogenated alkanes) is 3. The van der Waals surface area contributed by atoms with Crippen LogP contribution in [0.15, 0.2) is 21.3 Å². The molecule has 0 aliphatic carbocycles. The third-order valence-corrected chi connectivity index (χ3v) is 5.63. The first-order valence-electron chi connectivity index (χ1n) is 11.4. The van der Waals surface area contributed by atoms with Crippen LogP contribution < -0.4 is 15.7 Å². The second-order valence-electron chi connectivity index (χ2n) is 8.75. The Morgan fingerprint density at radius 3 is 2.47 bits per heavy atom. The molecule has 0 radical (unpaired) electrons. The van der Waals surface area contributed by atoms with Gasteiger partial charge in [-0.3, -0.25) is 4.79 Å². The van der Waals surface area contributed by atoms with Crippen LogP contribution in [0.3, 0.4) is 0 Å². The zero-order valence-electron chi connectivity index (χ0n) is 19.7. The van der Waals surface area contributed by atoms with Crippen LogP contribution in [0.25, 0.3) is 11.0 Å². The number of aryl methyl sites for hydroxylation is 2. The summed E-state index contributed by atoms with van der Waals surface area (Å²) in [5.41, 5.74) is 2.38. The zero-order valence-corrected chi connectivity index (χ0v) is 19.7. The number of aliphatic carboxylic acids is 1. The maximum Gasteiger partial charge on any atom is 0.339 e. The summed E-state index contributed by atoms with van der Waals surface area (Å²) in [5, 5.41) is 12.6. The van der Waals surface area contributed by atoms with E-state index in [9.17, 15) is 19.5 Å². The average molecular weight is 446 g/mol. The van der Waals surface area contributed by atoms with E-state index in [0.29, 0.717) is 35.3 Å². The Kier molecular flexibility index (Phi) is 9.29. The molecule has 2 aromatic rings. The highest BCUT2D eigenvalue weighted by atomic mass is 16.5. The topological polar surface area (TPSA) is 106 Å². The number of benzene rings is 1. The first kappa shape index (κ1) is 25.4. The zero-order chi connectivity index (χ0) is 23.8. The van der Waals surface area contributed by atoms with E-state index in [1.807, 2.05) is 26.8 Å². The number of hydrogen-bond donors (Lipinski definition) is 2. The van der Waals surface area contributed by atoms with Gasteiger partial charge in [0.25, 0.3) is 5.91 Å². The molecule has 0 aliphatic heterocycles. The third kappa shape index (κ3) is 6.58. The highest BCUT2D eigenvalue weighted by Gasteiger charge is 2.22. The van der Waals surface area contributed by atoms with Gasteiger partial charge in [0.15, 0.2) is 6.61 Å². The normalized spacial score (nSPS) is 12.2. The number of amides is 1. The van der Waals surface area contributed by atoms with Crippen LogP contribution in [0.4, 0.5) is 0 Å². The van der Waals surface area contributed by atoms with Crippen molar-refractivity contribution in [2.24, 2.45) is 5.92 Å². The Morgan fingerprint density at radius 2 is 1.84 bits per heavy atom. The molecule has 176 valence electrons. The molecule has 2 rings (SSSR count). The number of ether oxygens (including phenoxy) is 1. The van der Waals surface area contributed by atoms with E-state index < -0.39 is 17.9 Å². The van der Waals surface area contributed by atoms with E-state index >= 15 is 0 Å². The number of hydrogen-bond acceptors (Lipinski definition) is 5. The predicted octanol–water partition coefficient (Wildman–Crippen LogP) is 4.53. The summed E-state index contributed by atoms with van der Waals surface area (Å²) in [4.78, 5) is 36.1. The predicted molar refractivity (Wildman–Crippen MR) is 124 cm³/mol. The summed E-state index contributed by atoms with van der Waals surface area (Å²) in [7, 11) is 0. The van der Waals surface area contributed by atoms with Gasteiger partial charge in [-0.15, -0.1) is 0 Å². The molecule has 0 spiro atoms. The summed E-state index contributed by atoms with van der Waals surface area (Å²) in [5.74, 6) is -1.04. The molecule has 1 aromatic heterocycles. The van der Waals surface area contributed by atoms with Gasteiger partial charge in [0.05, 0.1) is 0 Å². The molecule has 0 bridgehead atoms. The lowest BCUT2D eigenvalue weighted by molar-refractivity contribution is -0.142. The lowest BCUT2D eigenvalue weighted by atomic mass is 9.99. The largest absolute Gasteiger partial charge is 0.483 e. The minimum atomic E-state index is -1.07. The first-order chi connectivity index (χ1) is 15.1. The van der Waals surface area contributed by atoms with Gasteiger partial charge in [-0.1, -0.05) is 40.0 Å². The molecule has 2 N–H and O–H groups in total. The van der Waals surface area contributed by atoms with E-state index in [2.05, 4.69) is 12.2 Å². The van der Waals surface area contributed by atoms with Gasteiger partial charge >= 0.3 is 11.6 Å². The lowest BCUT2D eigenvalue weighted by Gasteiger charge is -2.17. The standard InChI is InChI=1S/C25H35NO6/c1-6-7-8-9-10-19-16(4)18-11-12-21(17(5)23(18)32-25(19)30)31-14-22(27)26-20(24(28)29)13-15(2)3/h11-12,15,20H,6-10,13-14H2,1-5H3,(H,26,27)(H,28,29). The second-order valence-corrected chi connectivity index (χ2v) is 8.75. The van der Waals surface area contributed by atoms with Gasteiger partial charge in [0, 0.05) is 16.5 Å². The van der Waals surface area contributed by atoms with Crippen LogP contribution >= 0.6 is 0 Å². The minimum Gasteiger partial charge on any atom is -0.483 e. The monoisotopic (exact) mass is 445 g/mol. The van der Waals surface area contributed by atoms with Gasteiger partial charge in [0.1, 0.15) is 17.4 Å². The fraction of sp³-hybridized carbons (Fsp3) is 0.560. The Balaban J connectivity index is 2.15. The van der Waals surface area contributed by atoms with Crippen LogP contribution in [0.1, 0.15) is 69.6 Å². The molecule has 0 saturated heterocycles. The molecule has 0 saturated carbocycles. The highest BCUT2D eigenvalue weighted by molar-refractivity contribution is 5.86.